The van der Waals surface area contributed by atoms with Gasteiger partial charge < -0.3 is 18.8 Å². The van der Waals surface area contributed by atoms with Gasteiger partial charge in [-0.05, 0) is 42.0 Å². The van der Waals surface area contributed by atoms with Crippen molar-refractivity contribution in [3.63, 3.8) is 0 Å². The van der Waals surface area contributed by atoms with E-state index in [0.717, 1.165) is 30.4 Å². The number of halogens is 1. The summed E-state index contributed by atoms with van der Waals surface area (Å²) in [5, 5.41) is 0.742. The summed E-state index contributed by atoms with van der Waals surface area (Å²) in [6.07, 6.45) is 0. The minimum absolute atomic E-state index is 0.0845. The average molecular weight is 441 g/mol. The van der Waals surface area contributed by atoms with E-state index in [2.05, 4.69) is 4.90 Å². The highest BCUT2D eigenvalue weighted by molar-refractivity contribution is 6.30. The van der Waals surface area contributed by atoms with Crippen molar-refractivity contribution in [1.29, 1.82) is 0 Å². The number of ether oxygens (including phenoxy) is 2. The summed E-state index contributed by atoms with van der Waals surface area (Å²) >= 11 is 5.95. The average Bonchev–Trinajstić information content (AvgIpc) is 3.28. The van der Waals surface area contributed by atoms with Gasteiger partial charge in [0.1, 0.15) is 23.9 Å². The first-order valence-corrected chi connectivity index (χ1v) is 10.6. The largest absolute Gasteiger partial charge is 0.497 e. The lowest BCUT2D eigenvalue weighted by atomic mass is 10.2. The Bertz CT molecular complexity index is 1010. The van der Waals surface area contributed by atoms with Crippen molar-refractivity contribution < 1.29 is 18.7 Å². The molecule has 0 atom stereocenters. The van der Waals surface area contributed by atoms with Gasteiger partial charge in [-0.15, -0.1) is 0 Å². The fourth-order valence-electron chi connectivity index (χ4n) is 3.53. The monoisotopic (exact) mass is 440 g/mol. The van der Waals surface area contributed by atoms with E-state index >= 15 is 0 Å². The molecule has 0 radical (unpaired) electrons. The second-order valence-corrected chi connectivity index (χ2v) is 7.86. The third kappa shape index (κ3) is 5.60. The highest BCUT2D eigenvalue weighted by atomic mass is 35.5. The fraction of sp³-hybridized carbons (Fsp3) is 0.292. The van der Waals surface area contributed by atoms with Crippen molar-refractivity contribution in [1.82, 2.24) is 9.80 Å². The van der Waals surface area contributed by atoms with Crippen LogP contribution in [0.4, 0.5) is 0 Å². The molecule has 4 rings (SSSR count). The van der Waals surface area contributed by atoms with Gasteiger partial charge >= 0.3 is 0 Å². The first-order chi connectivity index (χ1) is 15.1. The van der Waals surface area contributed by atoms with Crippen LogP contribution >= 0.6 is 11.6 Å². The van der Waals surface area contributed by atoms with Crippen molar-refractivity contribution in [3.05, 3.63) is 82.8 Å². The van der Waals surface area contributed by atoms with Crippen LogP contribution in [-0.2, 0) is 13.2 Å². The number of piperazine rings is 1. The van der Waals surface area contributed by atoms with Crippen molar-refractivity contribution in [2.24, 2.45) is 0 Å². The Morgan fingerprint density at radius 1 is 1.00 bits per heavy atom. The molecule has 0 spiro atoms. The Kier molecular flexibility index (Phi) is 6.79. The van der Waals surface area contributed by atoms with Gasteiger partial charge in [0.25, 0.3) is 5.91 Å². The number of methoxy groups -OCH3 is 1. The number of furan rings is 1. The lowest BCUT2D eigenvalue weighted by molar-refractivity contribution is 0.0594. The lowest BCUT2D eigenvalue weighted by Crippen LogP contribution is -2.48. The molecule has 0 unspecified atom stereocenters. The number of hydrogen-bond acceptors (Lipinski definition) is 5. The maximum absolute atomic E-state index is 12.8. The summed E-state index contributed by atoms with van der Waals surface area (Å²) < 4.78 is 16.7. The summed E-state index contributed by atoms with van der Waals surface area (Å²) in [5.74, 6) is 2.27. The molecule has 31 heavy (non-hydrogen) atoms. The molecule has 2 heterocycles. The second kappa shape index (κ2) is 9.90. The van der Waals surface area contributed by atoms with Gasteiger partial charge in [-0.3, -0.25) is 9.69 Å². The van der Waals surface area contributed by atoms with E-state index < -0.39 is 0 Å². The molecule has 1 saturated heterocycles. The lowest BCUT2D eigenvalue weighted by Gasteiger charge is -2.34. The van der Waals surface area contributed by atoms with Gasteiger partial charge in [0.05, 0.1) is 7.11 Å². The number of rotatable bonds is 7. The number of hydrogen-bond donors (Lipinski definition) is 0. The smallest absolute Gasteiger partial charge is 0.289 e. The van der Waals surface area contributed by atoms with Crippen LogP contribution in [-0.4, -0.2) is 49.0 Å². The molecule has 1 aliphatic heterocycles. The molecule has 162 valence electrons. The molecule has 6 nitrogen and oxygen atoms in total. The Hall–Kier alpha value is -2.96. The topological polar surface area (TPSA) is 55.2 Å². The highest BCUT2D eigenvalue weighted by Gasteiger charge is 2.24. The van der Waals surface area contributed by atoms with Crippen molar-refractivity contribution >= 4 is 17.5 Å². The van der Waals surface area contributed by atoms with Gasteiger partial charge in [0.2, 0.25) is 0 Å². The molecule has 1 fully saturated rings. The van der Waals surface area contributed by atoms with Crippen LogP contribution in [0.3, 0.4) is 0 Å². The highest BCUT2D eigenvalue weighted by Crippen LogP contribution is 2.21. The van der Waals surface area contributed by atoms with Gasteiger partial charge in [-0.2, -0.15) is 0 Å². The third-order valence-electron chi connectivity index (χ3n) is 5.27. The van der Waals surface area contributed by atoms with Crippen LogP contribution < -0.4 is 9.47 Å². The zero-order chi connectivity index (χ0) is 21.6. The van der Waals surface area contributed by atoms with E-state index in [4.69, 9.17) is 25.5 Å². The van der Waals surface area contributed by atoms with Crippen LogP contribution in [0, 0.1) is 0 Å². The molecular formula is C24H25ClN2O4. The zero-order valence-electron chi connectivity index (χ0n) is 17.4. The second-order valence-electron chi connectivity index (χ2n) is 7.43. The number of carbonyl (C=O) groups is 1. The Morgan fingerprint density at radius 2 is 1.74 bits per heavy atom. The fourth-order valence-corrected chi connectivity index (χ4v) is 3.65. The van der Waals surface area contributed by atoms with Gasteiger partial charge in [-0.25, -0.2) is 0 Å². The number of amides is 1. The molecule has 7 heteroatoms. The minimum atomic E-state index is -0.0845. The van der Waals surface area contributed by atoms with Gasteiger partial charge in [0.15, 0.2) is 5.76 Å². The molecule has 2 aromatic carbocycles. The quantitative estimate of drug-likeness (QED) is 0.542. The summed E-state index contributed by atoms with van der Waals surface area (Å²) in [6.45, 7) is 4.08. The van der Waals surface area contributed by atoms with Crippen LogP contribution in [0.25, 0.3) is 0 Å². The van der Waals surface area contributed by atoms with Gasteiger partial charge in [-0.1, -0.05) is 29.8 Å². The SMILES string of the molecule is COc1cccc(OCc2ccc(C(=O)N3CCN(Cc4ccc(Cl)cc4)CC3)o2)c1. The Labute approximate surface area is 186 Å². The Balaban J connectivity index is 1.27. The third-order valence-corrected chi connectivity index (χ3v) is 5.53. The standard InChI is InChI=1S/C24H25ClN2O4/c1-29-20-3-2-4-21(15-20)30-17-22-9-10-23(31-22)24(28)27-13-11-26(12-14-27)16-18-5-7-19(25)8-6-18/h2-10,15H,11-14,16-17H2,1H3. The van der Waals surface area contributed by atoms with Crippen LogP contribution in [0.5, 0.6) is 11.5 Å². The maximum atomic E-state index is 12.8. The van der Waals surface area contributed by atoms with E-state index in [1.807, 2.05) is 47.4 Å². The number of nitrogens with zero attached hydrogens (tertiary/aromatic N) is 2. The van der Waals surface area contributed by atoms with Crippen LogP contribution in [0.15, 0.2) is 65.1 Å². The van der Waals surface area contributed by atoms with E-state index in [0.29, 0.717) is 30.4 Å². The molecule has 1 amide bonds. The molecule has 1 aromatic heterocycles. The van der Waals surface area contributed by atoms with Gasteiger partial charge in [0, 0.05) is 43.8 Å². The van der Waals surface area contributed by atoms with E-state index in [1.54, 1.807) is 25.3 Å². The summed E-state index contributed by atoms with van der Waals surface area (Å²) in [7, 11) is 1.61. The maximum Gasteiger partial charge on any atom is 0.289 e. The first-order valence-electron chi connectivity index (χ1n) is 10.2. The van der Waals surface area contributed by atoms with Crippen molar-refractivity contribution in [3.8, 4) is 11.5 Å². The Morgan fingerprint density at radius 3 is 2.48 bits per heavy atom. The molecule has 3 aromatic rings. The summed E-state index contributed by atoms with van der Waals surface area (Å²) in [5.41, 5.74) is 1.22. The first kappa shape index (κ1) is 21.3. The van der Waals surface area contributed by atoms with E-state index in [-0.39, 0.29) is 12.5 Å². The zero-order valence-corrected chi connectivity index (χ0v) is 18.2. The predicted octanol–water partition coefficient (Wildman–Crippen LogP) is 4.48. The molecule has 0 bridgehead atoms. The summed E-state index contributed by atoms with van der Waals surface area (Å²) in [4.78, 5) is 17.0. The van der Waals surface area contributed by atoms with Crippen molar-refractivity contribution in [2.45, 2.75) is 13.2 Å². The predicted molar refractivity (Wildman–Crippen MR) is 119 cm³/mol. The number of benzene rings is 2. The molecule has 1 aliphatic rings. The van der Waals surface area contributed by atoms with E-state index in [9.17, 15) is 4.79 Å². The van der Waals surface area contributed by atoms with Crippen molar-refractivity contribution in [2.75, 3.05) is 33.3 Å². The van der Waals surface area contributed by atoms with Crippen LogP contribution in [0.2, 0.25) is 5.02 Å². The minimum Gasteiger partial charge on any atom is -0.497 e. The number of carbonyl (C=O) groups excluding carboxylic acids is 1. The molecule has 0 saturated carbocycles. The molecule has 0 N–H and O–H groups in total. The van der Waals surface area contributed by atoms with E-state index in [1.165, 1.54) is 5.56 Å². The summed E-state index contributed by atoms with van der Waals surface area (Å²) in [6, 6.07) is 18.8. The normalized spacial score (nSPS) is 14.5. The molecular weight excluding hydrogens is 416 g/mol. The molecule has 0 aliphatic carbocycles. The van der Waals surface area contributed by atoms with Crippen LogP contribution in [0.1, 0.15) is 21.9 Å².